The Kier molecular flexibility index (Phi) is 5.60. The van der Waals surface area contributed by atoms with E-state index in [0.29, 0.717) is 22.1 Å². The number of benzene rings is 2. The van der Waals surface area contributed by atoms with Gasteiger partial charge in [0.1, 0.15) is 0 Å². The zero-order valence-electron chi connectivity index (χ0n) is 14.4. The molecule has 1 aromatic heterocycles. The molecule has 0 bridgehead atoms. The number of nitrogens with one attached hydrogen (secondary N) is 1. The summed E-state index contributed by atoms with van der Waals surface area (Å²) >= 11 is 5.28. The van der Waals surface area contributed by atoms with E-state index in [-0.39, 0.29) is 0 Å². The first kappa shape index (κ1) is 17.6. The zero-order valence-corrected chi connectivity index (χ0v) is 15.2. The van der Waals surface area contributed by atoms with Gasteiger partial charge in [-0.15, -0.1) is 0 Å². The molecule has 0 aliphatic heterocycles. The number of hydrogen-bond acceptors (Lipinski definition) is 5. The summed E-state index contributed by atoms with van der Waals surface area (Å²) in [4.78, 5) is 0. The molecule has 132 valence electrons. The summed E-state index contributed by atoms with van der Waals surface area (Å²) in [5.41, 5.74) is 1.90. The van der Waals surface area contributed by atoms with E-state index in [2.05, 4.69) is 15.3 Å². The maximum atomic E-state index is 5.34. The molecule has 2 aromatic carbocycles. The first-order valence-electron chi connectivity index (χ1n) is 7.89. The van der Waals surface area contributed by atoms with Crippen molar-refractivity contribution in [2.45, 2.75) is 0 Å². The van der Waals surface area contributed by atoms with Gasteiger partial charge in [0.2, 0.25) is 4.77 Å². The van der Waals surface area contributed by atoms with E-state index in [9.17, 15) is 0 Å². The number of rotatable bonds is 6. The topological polar surface area (TPSA) is 64.4 Å². The average molecular weight is 366 g/mol. The summed E-state index contributed by atoms with van der Waals surface area (Å²) < 4.78 is 12.6. The lowest BCUT2D eigenvalue weighted by Gasteiger charge is -2.08. The van der Waals surface area contributed by atoms with E-state index < -0.39 is 0 Å². The molecule has 0 fully saturated rings. The van der Waals surface area contributed by atoms with Crippen LogP contribution in [0.3, 0.4) is 0 Å². The number of aromatic nitrogens is 3. The SMILES string of the molecule is COc1ccc(-c2n[nH]c(=S)n2/N=C\C=C\c2ccccc2)cc1OC. The van der Waals surface area contributed by atoms with Crippen molar-refractivity contribution in [2.75, 3.05) is 14.2 Å². The fraction of sp³-hybridized carbons (Fsp3) is 0.105. The summed E-state index contributed by atoms with van der Waals surface area (Å²) in [5, 5.41) is 11.4. The van der Waals surface area contributed by atoms with Gasteiger partial charge in [0.15, 0.2) is 17.3 Å². The number of H-pyrrole nitrogens is 1. The minimum atomic E-state index is 0.402. The van der Waals surface area contributed by atoms with Crippen LogP contribution >= 0.6 is 12.2 Å². The summed E-state index contributed by atoms with van der Waals surface area (Å²) in [6.07, 6.45) is 5.48. The highest BCUT2D eigenvalue weighted by Gasteiger charge is 2.11. The average Bonchev–Trinajstić information content (AvgIpc) is 3.06. The van der Waals surface area contributed by atoms with Crippen LogP contribution in [-0.4, -0.2) is 35.3 Å². The molecule has 0 saturated carbocycles. The van der Waals surface area contributed by atoms with Crippen LogP contribution in [0.25, 0.3) is 17.5 Å². The standard InChI is InChI=1S/C19H18N4O2S/c1-24-16-11-10-15(13-17(16)25-2)18-21-22-19(26)23(18)20-12-6-9-14-7-4-3-5-8-14/h3-13H,1-2H3,(H,22,26)/b9-6+,20-12-. The highest BCUT2D eigenvalue weighted by Crippen LogP contribution is 2.31. The van der Waals surface area contributed by atoms with Gasteiger partial charge in [0.05, 0.1) is 14.2 Å². The smallest absolute Gasteiger partial charge is 0.216 e. The van der Waals surface area contributed by atoms with Gasteiger partial charge in [-0.1, -0.05) is 36.4 Å². The van der Waals surface area contributed by atoms with Crippen LogP contribution in [0.5, 0.6) is 11.5 Å². The molecule has 0 unspecified atom stereocenters. The lowest BCUT2D eigenvalue weighted by Crippen LogP contribution is -1.96. The summed E-state index contributed by atoms with van der Waals surface area (Å²) in [6.45, 7) is 0. The second kappa shape index (κ2) is 8.26. The third kappa shape index (κ3) is 3.89. The number of nitrogens with zero attached hydrogens (tertiary/aromatic N) is 3. The van der Waals surface area contributed by atoms with Crippen LogP contribution in [0.4, 0.5) is 0 Å². The fourth-order valence-corrected chi connectivity index (χ4v) is 2.56. The van der Waals surface area contributed by atoms with Gasteiger partial charge in [0.25, 0.3) is 0 Å². The van der Waals surface area contributed by atoms with E-state index in [4.69, 9.17) is 21.7 Å². The van der Waals surface area contributed by atoms with Gasteiger partial charge in [-0.25, -0.2) is 5.10 Å². The summed E-state index contributed by atoms with van der Waals surface area (Å²) in [5.74, 6) is 1.84. The molecule has 1 heterocycles. The summed E-state index contributed by atoms with van der Waals surface area (Å²) in [7, 11) is 3.18. The van der Waals surface area contributed by atoms with Crippen molar-refractivity contribution in [1.82, 2.24) is 14.9 Å². The molecule has 0 aliphatic rings. The zero-order chi connectivity index (χ0) is 18.4. The number of aromatic amines is 1. The molecule has 0 atom stereocenters. The molecule has 0 amide bonds. The molecule has 7 heteroatoms. The molecule has 0 radical (unpaired) electrons. The predicted octanol–water partition coefficient (Wildman–Crippen LogP) is 4.17. The van der Waals surface area contributed by atoms with Crippen molar-refractivity contribution in [3.63, 3.8) is 0 Å². The Morgan fingerprint density at radius 1 is 1.08 bits per heavy atom. The third-order valence-corrected chi connectivity index (χ3v) is 3.91. The lowest BCUT2D eigenvalue weighted by atomic mass is 10.2. The summed E-state index contributed by atoms with van der Waals surface area (Å²) in [6, 6.07) is 15.5. The minimum Gasteiger partial charge on any atom is -0.493 e. The highest BCUT2D eigenvalue weighted by atomic mass is 32.1. The molecule has 1 N–H and O–H groups in total. The van der Waals surface area contributed by atoms with Gasteiger partial charge >= 0.3 is 0 Å². The largest absolute Gasteiger partial charge is 0.493 e. The lowest BCUT2D eigenvalue weighted by molar-refractivity contribution is 0.355. The monoisotopic (exact) mass is 366 g/mol. The van der Waals surface area contributed by atoms with Crippen LogP contribution < -0.4 is 9.47 Å². The normalized spacial score (nSPS) is 11.3. The van der Waals surface area contributed by atoms with E-state index in [1.807, 2.05) is 60.7 Å². The van der Waals surface area contributed by atoms with Crippen molar-refractivity contribution in [3.05, 3.63) is 64.9 Å². The van der Waals surface area contributed by atoms with Gasteiger partial charge in [-0.2, -0.15) is 14.9 Å². The van der Waals surface area contributed by atoms with Crippen LogP contribution in [-0.2, 0) is 0 Å². The Labute approximate surface area is 156 Å². The molecular weight excluding hydrogens is 348 g/mol. The van der Waals surface area contributed by atoms with Gasteiger partial charge in [0, 0.05) is 11.8 Å². The Hall–Kier alpha value is -3.19. The van der Waals surface area contributed by atoms with E-state index in [0.717, 1.165) is 11.1 Å². The number of allylic oxidation sites excluding steroid dienone is 1. The first-order valence-corrected chi connectivity index (χ1v) is 8.29. The second-order valence-electron chi connectivity index (χ2n) is 5.27. The van der Waals surface area contributed by atoms with E-state index >= 15 is 0 Å². The Balaban J connectivity index is 1.89. The van der Waals surface area contributed by atoms with Crippen LogP contribution in [0.2, 0.25) is 0 Å². The molecule has 3 aromatic rings. The Morgan fingerprint density at radius 2 is 1.85 bits per heavy atom. The minimum absolute atomic E-state index is 0.402. The van der Waals surface area contributed by atoms with Crippen molar-refractivity contribution in [1.29, 1.82) is 0 Å². The third-order valence-electron chi connectivity index (χ3n) is 3.65. The second-order valence-corrected chi connectivity index (χ2v) is 5.65. The molecular formula is C19H18N4O2S. The Bertz CT molecular complexity index is 990. The molecule has 3 rings (SSSR count). The molecule has 0 aliphatic carbocycles. The molecule has 6 nitrogen and oxygen atoms in total. The fourth-order valence-electron chi connectivity index (χ4n) is 2.38. The van der Waals surface area contributed by atoms with Gasteiger partial charge in [-0.3, -0.25) is 0 Å². The predicted molar refractivity (Wildman–Crippen MR) is 105 cm³/mol. The maximum absolute atomic E-state index is 5.34. The van der Waals surface area contributed by atoms with Crippen LogP contribution in [0.15, 0.2) is 59.7 Å². The van der Waals surface area contributed by atoms with Crippen molar-refractivity contribution in [2.24, 2.45) is 5.10 Å². The van der Waals surface area contributed by atoms with E-state index in [1.54, 1.807) is 25.1 Å². The molecule has 0 saturated heterocycles. The maximum Gasteiger partial charge on any atom is 0.216 e. The van der Waals surface area contributed by atoms with Crippen LogP contribution in [0.1, 0.15) is 5.56 Å². The highest BCUT2D eigenvalue weighted by molar-refractivity contribution is 7.71. The first-order chi connectivity index (χ1) is 12.7. The Morgan fingerprint density at radius 3 is 2.58 bits per heavy atom. The van der Waals surface area contributed by atoms with Crippen LogP contribution in [0, 0.1) is 4.77 Å². The van der Waals surface area contributed by atoms with Crippen molar-refractivity contribution < 1.29 is 9.47 Å². The number of methoxy groups -OCH3 is 2. The quantitative estimate of drug-likeness (QED) is 0.525. The number of hydrogen-bond donors (Lipinski definition) is 1. The molecule has 26 heavy (non-hydrogen) atoms. The van der Waals surface area contributed by atoms with Crippen molar-refractivity contribution in [3.8, 4) is 22.9 Å². The van der Waals surface area contributed by atoms with E-state index in [1.165, 1.54) is 0 Å². The van der Waals surface area contributed by atoms with Gasteiger partial charge < -0.3 is 9.47 Å². The number of ether oxygens (including phenoxy) is 2. The molecule has 0 spiro atoms. The van der Waals surface area contributed by atoms with Gasteiger partial charge in [-0.05, 0) is 42.1 Å². The van der Waals surface area contributed by atoms with Crippen molar-refractivity contribution >= 4 is 24.5 Å².